The van der Waals surface area contributed by atoms with Gasteiger partial charge in [0.1, 0.15) is 0 Å². The molecule has 13 heavy (non-hydrogen) atoms. The highest BCUT2D eigenvalue weighted by atomic mass is 16.2. The molecule has 1 amide bonds. The van der Waals surface area contributed by atoms with Crippen LogP contribution in [-0.4, -0.2) is 17.9 Å². The molecule has 1 aliphatic rings. The van der Waals surface area contributed by atoms with Crippen LogP contribution in [0.4, 0.5) is 0 Å². The lowest BCUT2D eigenvalue weighted by Gasteiger charge is -2.09. The van der Waals surface area contributed by atoms with Crippen molar-refractivity contribution >= 4 is 11.6 Å². The van der Waals surface area contributed by atoms with Crippen LogP contribution in [0.1, 0.15) is 22.8 Å². The minimum Gasteiger partial charge on any atom is -0.311 e. The molecule has 1 aliphatic heterocycles. The van der Waals surface area contributed by atoms with Gasteiger partial charge >= 0.3 is 0 Å². The number of allylic oxidation sites excluding steroid dienone is 1. The first-order valence-corrected chi connectivity index (χ1v) is 4.29. The fraction of sp³-hybridized carbons (Fsp3) is 0.182. The highest BCUT2D eigenvalue weighted by Gasteiger charge is 2.27. The Kier molecular flexibility index (Phi) is 1.69. The van der Waals surface area contributed by atoms with Crippen LogP contribution in [0.15, 0.2) is 30.3 Å². The van der Waals surface area contributed by atoms with E-state index in [4.69, 9.17) is 0 Å². The number of amides is 1. The predicted molar refractivity (Wildman–Crippen MR) is 52.2 cm³/mol. The number of carbonyl (C=O) groups is 1. The van der Waals surface area contributed by atoms with Crippen molar-refractivity contribution in [3.63, 3.8) is 0 Å². The molecule has 0 aliphatic carbocycles. The lowest BCUT2D eigenvalue weighted by atomic mass is 10.1. The van der Waals surface area contributed by atoms with E-state index in [0.717, 1.165) is 16.8 Å². The molecule has 0 saturated heterocycles. The molecule has 1 heterocycles. The first kappa shape index (κ1) is 8.05. The zero-order valence-electron chi connectivity index (χ0n) is 7.74. The third-order valence-corrected chi connectivity index (χ3v) is 2.37. The molecule has 0 atom stereocenters. The Hall–Kier alpha value is -1.57. The zero-order chi connectivity index (χ0) is 9.42. The molecule has 0 radical (unpaired) electrons. The fourth-order valence-corrected chi connectivity index (χ4v) is 1.71. The van der Waals surface area contributed by atoms with Gasteiger partial charge in [0.25, 0.3) is 5.91 Å². The number of rotatable bonds is 0. The van der Waals surface area contributed by atoms with Gasteiger partial charge in [-0.15, -0.1) is 0 Å². The van der Waals surface area contributed by atoms with Crippen LogP contribution in [0, 0.1) is 0 Å². The Morgan fingerprint density at radius 2 is 1.85 bits per heavy atom. The molecule has 1 aromatic rings. The van der Waals surface area contributed by atoms with E-state index in [-0.39, 0.29) is 5.91 Å². The topological polar surface area (TPSA) is 20.3 Å². The number of nitrogens with zero attached hydrogens (tertiary/aromatic N) is 1. The molecule has 0 fully saturated rings. The molecule has 0 unspecified atom stereocenters. The maximum Gasteiger partial charge on any atom is 0.258 e. The van der Waals surface area contributed by atoms with Gasteiger partial charge in [-0.05, 0) is 13.0 Å². The molecule has 0 saturated carbocycles. The normalized spacial score (nSPS) is 18.2. The summed E-state index contributed by atoms with van der Waals surface area (Å²) in [5, 5.41) is 0. The first-order valence-electron chi connectivity index (χ1n) is 4.29. The lowest BCUT2D eigenvalue weighted by molar-refractivity contribution is 0.0874. The molecule has 0 bridgehead atoms. The first-order chi connectivity index (χ1) is 6.25. The van der Waals surface area contributed by atoms with Crippen LogP contribution in [0.3, 0.4) is 0 Å². The number of hydrogen-bond acceptors (Lipinski definition) is 1. The standard InChI is InChI=1S/C11H11NO/c1-3-10-8-6-4-5-7-9(8)11(13)12(10)2/h3-7H,1-2H3. The van der Waals surface area contributed by atoms with E-state index in [2.05, 4.69) is 0 Å². The van der Waals surface area contributed by atoms with Gasteiger partial charge in [0, 0.05) is 23.9 Å². The molecule has 1 aromatic carbocycles. The summed E-state index contributed by atoms with van der Waals surface area (Å²) in [7, 11) is 1.80. The number of benzene rings is 1. The van der Waals surface area contributed by atoms with Crippen molar-refractivity contribution in [1.29, 1.82) is 0 Å². The predicted octanol–water partition coefficient (Wildman–Crippen LogP) is 2.13. The van der Waals surface area contributed by atoms with Gasteiger partial charge in [-0.3, -0.25) is 4.79 Å². The van der Waals surface area contributed by atoms with E-state index in [9.17, 15) is 4.79 Å². The maximum absolute atomic E-state index is 11.7. The fourth-order valence-electron chi connectivity index (χ4n) is 1.71. The van der Waals surface area contributed by atoms with Crippen molar-refractivity contribution in [2.75, 3.05) is 7.05 Å². The van der Waals surface area contributed by atoms with Crippen LogP contribution < -0.4 is 0 Å². The van der Waals surface area contributed by atoms with Crippen molar-refractivity contribution < 1.29 is 4.79 Å². The Morgan fingerprint density at radius 1 is 1.23 bits per heavy atom. The number of hydrogen-bond donors (Lipinski definition) is 0. The average Bonchev–Trinajstić information content (AvgIpc) is 2.41. The van der Waals surface area contributed by atoms with Crippen molar-refractivity contribution in [3.05, 3.63) is 41.5 Å². The molecular formula is C11H11NO. The summed E-state index contributed by atoms with van der Waals surface area (Å²) in [6, 6.07) is 7.69. The quantitative estimate of drug-likeness (QED) is 0.588. The minimum atomic E-state index is 0.0868. The molecule has 0 N–H and O–H groups in total. The second-order valence-corrected chi connectivity index (χ2v) is 3.08. The van der Waals surface area contributed by atoms with E-state index in [0.29, 0.717) is 0 Å². The monoisotopic (exact) mass is 173 g/mol. The molecule has 0 spiro atoms. The highest BCUT2D eigenvalue weighted by molar-refractivity contribution is 6.08. The zero-order valence-corrected chi connectivity index (χ0v) is 7.74. The van der Waals surface area contributed by atoms with Crippen molar-refractivity contribution in [2.24, 2.45) is 0 Å². The SMILES string of the molecule is CC=C1c2ccccc2C(=O)N1C. The third-order valence-electron chi connectivity index (χ3n) is 2.37. The molecular weight excluding hydrogens is 162 g/mol. The summed E-state index contributed by atoms with van der Waals surface area (Å²) in [6.07, 6.45) is 1.96. The van der Waals surface area contributed by atoms with Crippen LogP contribution in [-0.2, 0) is 0 Å². The molecule has 2 nitrogen and oxygen atoms in total. The smallest absolute Gasteiger partial charge is 0.258 e. The van der Waals surface area contributed by atoms with E-state index < -0.39 is 0 Å². The van der Waals surface area contributed by atoms with Crippen molar-refractivity contribution in [1.82, 2.24) is 4.90 Å². The highest BCUT2D eigenvalue weighted by Crippen LogP contribution is 2.30. The van der Waals surface area contributed by atoms with Crippen LogP contribution in [0.25, 0.3) is 5.70 Å². The van der Waals surface area contributed by atoms with Gasteiger partial charge in [-0.25, -0.2) is 0 Å². The van der Waals surface area contributed by atoms with E-state index in [1.165, 1.54) is 0 Å². The molecule has 2 heteroatoms. The second kappa shape index (κ2) is 2.73. The third kappa shape index (κ3) is 0.985. The van der Waals surface area contributed by atoms with Crippen molar-refractivity contribution in [3.8, 4) is 0 Å². The summed E-state index contributed by atoms with van der Waals surface area (Å²) in [6.45, 7) is 1.95. The van der Waals surface area contributed by atoms with Crippen molar-refractivity contribution in [2.45, 2.75) is 6.92 Å². The number of carbonyl (C=O) groups excluding carboxylic acids is 1. The second-order valence-electron chi connectivity index (χ2n) is 3.08. The van der Waals surface area contributed by atoms with Gasteiger partial charge in [0.15, 0.2) is 0 Å². The summed E-state index contributed by atoms with van der Waals surface area (Å²) >= 11 is 0. The summed E-state index contributed by atoms with van der Waals surface area (Å²) in [4.78, 5) is 13.3. The summed E-state index contributed by atoms with van der Waals surface area (Å²) in [5.41, 5.74) is 2.84. The summed E-state index contributed by atoms with van der Waals surface area (Å²) in [5.74, 6) is 0.0868. The van der Waals surface area contributed by atoms with Gasteiger partial charge in [-0.2, -0.15) is 0 Å². The van der Waals surface area contributed by atoms with Crippen LogP contribution in [0.2, 0.25) is 0 Å². The average molecular weight is 173 g/mol. The molecule has 2 rings (SSSR count). The summed E-state index contributed by atoms with van der Waals surface area (Å²) < 4.78 is 0. The maximum atomic E-state index is 11.7. The van der Waals surface area contributed by atoms with E-state index in [1.54, 1.807) is 11.9 Å². The Labute approximate surface area is 77.5 Å². The largest absolute Gasteiger partial charge is 0.311 e. The van der Waals surface area contributed by atoms with Gasteiger partial charge in [-0.1, -0.05) is 24.3 Å². The Bertz CT molecular complexity index is 393. The van der Waals surface area contributed by atoms with Crippen LogP contribution >= 0.6 is 0 Å². The van der Waals surface area contributed by atoms with E-state index in [1.807, 2.05) is 37.3 Å². The van der Waals surface area contributed by atoms with E-state index >= 15 is 0 Å². The van der Waals surface area contributed by atoms with Crippen LogP contribution in [0.5, 0.6) is 0 Å². The van der Waals surface area contributed by atoms with Gasteiger partial charge in [0.2, 0.25) is 0 Å². The Balaban J connectivity index is 2.67. The molecule has 66 valence electrons. The lowest BCUT2D eigenvalue weighted by Crippen LogP contribution is -2.16. The van der Waals surface area contributed by atoms with Gasteiger partial charge in [0.05, 0.1) is 0 Å². The Morgan fingerprint density at radius 3 is 2.46 bits per heavy atom. The number of fused-ring (bicyclic) bond motifs is 1. The minimum absolute atomic E-state index is 0.0868. The van der Waals surface area contributed by atoms with Gasteiger partial charge < -0.3 is 4.90 Å². The molecule has 0 aromatic heterocycles.